The number of anilines is 2. The van der Waals surface area contributed by atoms with Crippen LogP contribution in [-0.2, 0) is 11.2 Å². The molecule has 5 nitrogen and oxygen atoms in total. The molecule has 3 heterocycles. The largest absolute Gasteiger partial charge is 0.376 e. The number of nitrogens with zero attached hydrogens (tertiary/aromatic N) is 2. The molecule has 0 radical (unpaired) electrons. The van der Waals surface area contributed by atoms with Crippen LogP contribution in [0.25, 0.3) is 0 Å². The molecular formula is C20H23N3O2. The van der Waals surface area contributed by atoms with Gasteiger partial charge < -0.3 is 15.0 Å². The number of amides is 1. The zero-order valence-electron chi connectivity index (χ0n) is 14.4. The Balaban J connectivity index is 1.51. The van der Waals surface area contributed by atoms with Gasteiger partial charge in [-0.25, -0.2) is 4.98 Å². The third kappa shape index (κ3) is 3.24. The smallest absolute Gasteiger partial charge is 0.258 e. The van der Waals surface area contributed by atoms with E-state index in [2.05, 4.69) is 23.3 Å². The van der Waals surface area contributed by atoms with Gasteiger partial charge in [-0.3, -0.25) is 4.79 Å². The number of pyridine rings is 1. The average Bonchev–Trinajstić information content (AvgIpc) is 3.26. The number of benzene rings is 1. The van der Waals surface area contributed by atoms with Gasteiger partial charge in [0.1, 0.15) is 5.82 Å². The van der Waals surface area contributed by atoms with Gasteiger partial charge in [0.2, 0.25) is 0 Å². The first-order valence-electron chi connectivity index (χ1n) is 8.95. The maximum Gasteiger partial charge on any atom is 0.258 e. The molecule has 1 saturated heterocycles. The highest BCUT2D eigenvalue weighted by molar-refractivity contribution is 6.08. The zero-order chi connectivity index (χ0) is 17.2. The van der Waals surface area contributed by atoms with Gasteiger partial charge in [-0.2, -0.15) is 0 Å². The van der Waals surface area contributed by atoms with Crippen LogP contribution in [0.3, 0.4) is 0 Å². The second kappa shape index (κ2) is 6.84. The van der Waals surface area contributed by atoms with Crippen molar-refractivity contribution in [1.82, 2.24) is 4.98 Å². The molecule has 0 bridgehead atoms. The summed E-state index contributed by atoms with van der Waals surface area (Å²) in [5.74, 6) is 0.751. The Hall–Kier alpha value is -2.40. The van der Waals surface area contributed by atoms with Crippen molar-refractivity contribution in [3.8, 4) is 0 Å². The van der Waals surface area contributed by atoms with Crippen molar-refractivity contribution >= 4 is 17.4 Å². The molecule has 2 atom stereocenters. The van der Waals surface area contributed by atoms with Gasteiger partial charge in [0.05, 0.1) is 6.10 Å². The number of ether oxygens (including phenoxy) is 1. The first kappa shape index (κ1) is 16.1. The third-order valence-electron chi connectivity index (χ3n) is 4.97. The lowest BCUT2D eigenvalue weighted by Gasteiger charge is -2.23. The van der Waals surface area contributed by atoms with Crippen molar-refractivity contribution in [1.29, 1.82) is 0 Å². The number of carbonyl (C=O) groups is 1. The molecule has 2 aromatic rings. The third-order valence-corrected chi connectivity index (χ3v) is 4.97. The Labute approximate surface area is 148 Å². The number of aromatic nitrogens is 1. The summed E-state index contributed by atoms with van der Waals surface area (Å²) >= 11 is 0. The second-order valence-corrected chi connectivity index (χ2v) is 6.80. The van der Waals surface area contributed by atoms with E-state index in [4.69, 9.17) is 4.74 Å². The van der Waals surface area contributed by atoms with Crippen molar-refractivity contribution in [3.63, 3.8) is 0 Å². The summed E-state index contributed by atoms with van der Waals surface area (Å²) in [6.45, 7) is 3.66. The number of hydrogen-bond donors (Lipinski definition) is 1. The molecule has 2 aliphatic heterocycles. The highest BCUT2D eigenvalue weighted by Gasteiger charge is 2.31. The molecule has 1 N–H and O–H groups in total. The molecule has 1 fully saturated rings. The van der Waals surface area contributed by atoms with Gasteiger partial charge in [0.25, 0.3) is 5.91 Å². The van der Waals surface area contributed by atoms with E-state index in [-0.39, 0.29) is 18.1 Å². The van der Waals surface area contributed by atoms with E-state index in [0.29, 0.717) is 5.56 Å². The maximum absolute atomic E-state index is 13.1. The molecule has 1 amide bonds. The fourth-order valence-corrected chi connectivity index (χ4v) is 3.70. The quantitative estimate of drug-likeness (QED) is 0.930. The molecule has 0 aliphatic carbocycles. The Morgan fingerprint density at radius 3 is 3.08 bits per heavy atom. The second-order valence-electron chi connectivity index (χ2n) is 6.80. The lowest BCUT2D eigenvalue weighted by atomic mass is 10.1. The monoisotopic (exact) mass is 337 g/mol. The average molecular weight is 337 g/mol. The fourth-order valence-electron chi connectivity index (χ4n) is 3.70. The summed E-state index contributed by atoms with van der Waals surface area (Å²) in [7, 11) is 0. The first-order valence-corrected chi connectivity index (χ1v) is 8.95. The summed E-state index contributed by atoms with van der Waals surface area (Å²) in [5.41, 5.74) is 2.91. The predicted molar refractivity (Wildman–Crippen MR) is 98.1 cm³/mol. The molecule has 5 heteroatoms. The standard InChI is InChI=1S/C20H23N3O2/c1-14-11-15-5-2-3-7-18(15)23(14)20(24)16-8-9-21-19(12-16)22-13-17-6-4-10-25-17/h2-3,5,7-9,12,14,17H,4,6,10-11,13H2,1H3,(H,21,22). The normalized spacial score (nSPS) is 22.0. The number of rotatable bonds is 4. The van der Waals surface area contributed by atoms with E-state index >= 15 is 0 Å². The van der Waals surface area contributed by atoms with Gasteiger partial charge >= 0.3 is 0 Å². The molecule has 2 unspecified atom stereocenters. The molecule has 1 aromatic heterocycles. The van der Waals surface area contributed by atoms with Crippen molar-refractivity contribution in [2.45, 2.75) is 38.3 Å². The summed E-state index contributed by atoms with van der Waals surface area (Å²) in [5, 5.41) is 3.30. The zero-order valence-corrected chi connectivity index (χ0v) is 14.4. The van der Waals surface area contributed by atoms with E-state index in [1.54, 1.807) is 12.3 Å². The SMILES string of the molecule is CC1Cc2ccccc2N1C(=O)c1ccnc(NCC2CCCO2)c1. The van der Waals surface area contributed by atoms with Gasteiger partial charge in [0, 0.05) is 36.6 Å². The minimum Gasteiger partial charge on any atom is -0.376 e. The molecule has 0 saturated carbocycles. The van der Waals surface area contributed by atoms with E-state index in [1.165, 1.54) is 5.56 Å². The lowest BCUT2D eigenvalue weighted by Crippen LogP contribution is -2.35. The predicted octanol–water partition coefficient (Wildman–Crippen LogP) is 3.26. The van der Waals surface area contributed by atoms with Crippen LogP contribution in [-0.4, -0.2) is 36.2 Å². The van der Waals surface area contributed by atoms with Gasteiger partial charge in [-0.1, -0.05) is 18.2 Å². The van der Waals surface area contributed by atoms with E-state index in [9.17, 15) is 4.79 Å². The van der Waals surface area contributed by atoms with Crippen molar-refractivity contribution < 1.29 is 9.53 Å². The summed E-state index contributed by atoms with van der Waals surface area (Å²) in [6, 6.07) is 11.9. The van der Waals surface area contributed by atoms with Crippen LogP contribution in [0, 0.1) is 0 Å². The highest BCUT2D eigenvalue weighted by atomic mass is 16.5. The van der Waals surface area contributed by atoms with E-state index in [0.717, 1.165) is 43.9 Å². The fraction of sp³-hybridized carbons (Fsp3) is 0.400. The number of para-hydroxylation sites is 1. The van der Waals surface area contributed by atoms with Crippen LogP contribution in [0.5, 0.6) is 0 Å². The Morgan fingerprint density at radius 1 is 1.36 bits per heavy atom. The number of fused-ring (bicyclic) bond motifs is 1. The van der Waals surface area contributed by atoms with Crippen molar-refractivity contribution in [2.24, 2.45) is 0 Å². The molecule has 130 valence electrons. The number of hydrogen-bond acceptors (Lipinski definition) is 4. The van der Waals surface area contributed by atoms with E-state index < -0.39 is 0 Å². The van der Waals surface area contributed by atoms with Crippen LogP contribution < -0.4 is 10.2 Å². The highest BCUT2D eigenvalue weighted by Crippen LogP contribution is 2.33. The molecule has 1 aromatic carbocycles. The topological polar surface area (TPSA) is 54.5 Å². The molecule has 2 aliphatic rings. The first-order chi connectivity index (χ1) is 12.2. The minimum atomic E-state index is 0.0278. The van der Waals surface area contributed by atoms with E-state index in [1.807, 2.05) is 29.2 Å². The van der Waals surface area contributed by atoms with Crippen molar-refractivity contribution in [2.75, 3.05) is 23.4 Å². The van der Waals surface area contributed by atoms with Gasteiger partial charge in [-0.05, 0) is 49.9 Å². The number of nitrogens with one attached hydrogen (secondary N) is 1. The molecular weight excluding hydrogens is 314 g/mol. The van der Waals surface area contributed by atoms with Crippen LogP contribution in [0.4, 0.5) is 11.5 Å². The summed E-state index contributed by atoms with van der Waals surface area (Å²) in [6.07, 6.45) is 5.03. The summed E-state index contributed by atoms with van der Waals surface area (Å²) in [4.78, 5) is 19.3. The van der Waals surface area contributed by atoms with Crippen LogP contribution in [0.1, 0.15) is 35.7 Å². The maximum atomic E-state index is 13.1. The molecule has 0 spiro atoms. The molecule has 25 heavy (non-hydrogen) atoms. The Morgan fingerprint density at radius 2 is 2.24 bits per heavy atom. The lowest BCUT2D eigenvalue weighted by molar-refractivity contribution is 0.0981. The van der Waals surface area contributed by atoms with Crippen LogP contribution in [0.15, 0.2) is 42.6 Å². The number of carbonyl (C=O) groups excluding carboxylic acids is 1. The molecule has 4 rings (SSSR count). The Bertz CT molecular complexity index is 771. The minimum absolute atomic E-state index is 0.0278. The van der Waals surface area contributed by atoms with Crippen molar-refractivity contribution in [3.05, 3.63) is 53.7 Å². The summed E-state index contributed by atoms with van der Waals surface area (Å²) < 4.78 is 5.62. The van der Waals surface area contributed by atoms with Crippen LogP contribution >= 0.6 is 0 Å². The van der Waals surface area contributed by atoms with Gasteiger partial charge in [0.15, 0.2) is 0 Å². The van der Waals surface area contributed by atoms with Gasteiger partial charge in [-0.15, -0.1) is 0 Å². The van der Waals surface area contributed by atoms with Crippen LogP contribution in [0.2, 0.25) is 0 Å². The Kier molecular flexibility index (Phi) is 4.40.